The van der Waals surface area contributed by atoms with E-state index in [9.17, 15) is 4.79 Å². The summed E-state index contributed by atoms with van der Waals surface area (Å²) in [6.45, 7) is 2.24. The van der Waals surface area contributed by atoms with Gasteiger partial charge < -0.3 is 9.84 Å². The summed E-state index contributed by atoms with van der Waals surface area (Å²) in [6, 6.07) is 11.1. The molecule has 2 heterocycles. The van der Waals surface area contributed by atoms with Crippen LogP contribution in [-0.4, -0.2) is 20.7 Å². The lowest BCUT2D eigenvalue weighted by molar-refractivity contribution is 0.0942. The highest BCUT2D eigenvalue weighted by atomic mass is 32.1. The molecule has 1 N–H and O–H groups in total. The molecular formula is C14H12N4O2S. The molecule has 3 rings (SSSR count). The summed E-state index contributed by atoms with van der Waals surface area (Å²) in [5.74, 6) is 0.283. The first kappa shape index (κ1) is 13.4. The van der Waals surface area contributed by atoms with Crippen LogP contribution in [-0.2, 0) is 6.54 Å². The highest BCUT2D eigenvalue weighted by molar-refractivity contribution is 7.05. The summed E-state index contributed by atoms with van der Waals surface area (Å²) >= 11 is 1.27. The summed E-state index contributed by atoms with van der Waals surface area (Å²) in [5, 5.41) is 10.5. The average Bonchev–Trinajstić information content (AvgIpc) is 3.15. The molecule has 0 aliphatic rings. The van der Waals surface area contributed by atoms with Gasteiger partial charge in [-0.05, 0) is 18.5 Å². The van der Waals surface area contributed by atoms with Crippen LogP contribution in [0, 0.1) is 6.92 Å². The minimum Gasteiger partial charge on any atom is -0.355 e. The second-order valence-electron chi connectivity index (χ2n) is 4.41. The molecule has 0 aliphatic carbocycles. The Kier molecular flexibility index (Phi) is 3.74. The van der Waals surface area contributed by atoms with Crippen LogP contribution in [0.2, 0.25) is 0 Å². The maximum Gasteiger partial charge on any atom is 0.273 e. The van der Waals surface area contributed by atoms with Gasteiger partial charge in [-0.2, -0.15) is 0 Å². The van der Waals surface area contributed by atoms with Gasteiger partial charge in [0.05, 0.1) is 17.1 Å². The third-order valence-electron chi connectivity index (χ3n) is 2.96. The van der Waals surface area contributed by atoms with E-state index in [-0.39, 0.29) is 11.6 Å². The molecule has 0 bridgehead atoms. The van der Waals surface area contributed by atoms with E-state index in [1.165, 1.54) is 11.5 Å². The lowest BCUT2D eigenvalue weighted by atomic mass is 10.1. The van der Waals surface area contributed by atoms with Crippen molar-refractivity contribution in [2.24, 2.45) is 0 Å². The van der Waals surface area contributed by atoms with Crippen LogP contribution in [0.25, 0.3) is 11.3 Å². The zero-order valence-electron chi connectivity index (χ0n) is 11.2. The molecule has 21 heavy (non-hydrogen) atoms. The molecule has 7 heteroatoms. The normalized spacial score (nSPS) is 10.5. The van der Waals surface area contributed by atoms with E-state index in [0.29, 0.717) is 12.3 Å². The first-order chi connectivity index (χ1) is 10.2. The van der Waals surface area contributed by atoms with Gasteiger partial charge in [0, 0.05) is 11.6 Å². The lowest BCUT2D eigenvalue weighted by Gasteiger charge is -1.99. The quantitative estimate of drug-likeness (QED) is 0.800. The van der Waals surface area contributed by atoms with Crippen molar-refractivity contribution >= 4 is 17.4 Å². The van der Waals surface area contributed by atoms with Gasteiger partial charge in [0.2, 0.25) is 0 Å². The maximum absolute atomic E-state index is 12.0. The van der Waals surface area contributed by atoms with E-state index in [0.717, 1.165) is 16.1 Å². The second kappa shape index (κ2) is 5.84. The number of benzene rings is 1. The average molecular weight is 300 g/mol. The van der Waals surface area contributed by atoms with Crippen molar-refractivity contribution in [1.82, 2.24) is 20.1 Å². The number of rotatable bonds is 4. The molecule has 0 atom stereocenters. The van der Waals surface area contributed by atoms with E-state index in [2.05, 4.69) is 20.1 Å². The predicted molar refractivity (Wildman–Crippen MR) is 77.8 cm³/mol. The Morgan fingerprint density at radius 2 is 2.14 bits per heavy atom. The van der Waals surface area contributed by atoms with Gasteiger partial charge in [0.1, 0.15) is 0 Å². The van der Waals surface area contributed by atoms with Crippen LogP contribution in [0.5, 0.6) is 0 Å². The largest absolute Gasteiger partial charge is 0.355 e. The zero-order valence-corrected chi connectivity index (χ0v) is 12.1. The predicted octanol–water partition coefficient (Wildman–Crippen LogP) is 2.43. The van der Waals surface area contributed by atoms with E-state index >= 15 is 0 Å². The molecule has 1 amide bonds. The van der Waals surface area contributed by atoms with Gasteiger partial charge >= 0.3 is 0 Å². The molecule has 0 saturated heterocycles. The van der Waals surface area contributed by atoms with Crippen LogP contribution in [0.3, 0.4) is 0 Å². The molecule has 0 fully saturated rings. The Bertz CT molecular complexity index is 751. The molecule has 106 valence electrons. The van der Waals surface area contributed by atoms with Crippen molar-refractivity contribution in [1.29, 1.82) is 0 Å². The van der Waals surface area contributed by atoms with E-state index in [1.807, 2.05) is 37.3 Å². The standard InChI is InChI=1S/C14H12N4O2S/c1-9-13(21-18-16-9)8-15-14(19)11-7-12(20-17-11)10-5-3-2-4-6-10/h2-7H,8H2,1H3,(H,15,19). The van der Waals surface area contributed by atoms with E-state index in [4.69, 9.17) is 4.52 Å². The van der Waals surface area contributed by atoms with Crippen molar-refractivity contribution in [2.75, 3.05) is 0 Å². The molecule has 6 nitrogen and oxygen atoms in total. The molecule has 1 aromatic carbocycles. The first-order valence-electron chi connectivity index (χ1n) is 6.32. The molecule has 0 spiro atoms. The molecule has 0 aliphatic heterocycles. The van der Waals surface area contributed by atoms with Crippen molar-refractivity contribution in [3.05, 3.63) is 52.7 Å². The lowest BCUT2D eigenvalue weighted by Crippen LogP contribution is -2.22. The Balaban J connectivity index is 1.69. The van der Waals surface area contributed by atoms with Crippen molar-refractivity contribution in [3.63, 3.8) is 0 Å². The molecular weight excluding hydrogens is 288 g/mol. The number of nitrogens with zero attached hydrogens (tertiary/aromatic N) is 3. The number of hydrogen-bond donors (Lipinski definition) is 1. The summed E-state index contributed by atoms with van der Waals surface area (Å²) < 4.78 is 9.02. The highest BCUT2D eigenvalue weighted by Crippen LogP contribution is 2.19. The summed E-state index contributed by atoms with van der Waals surface area (Å²) in [4.78, 5) is 13.0. The van der Waals surface area contributed by atoms with Crippen LogP contribution >= 0.6 is 11.5 Å². The minimum absolute atomic E-state index is 0.254. The fourth-order valence-electron chi connectivity index (χ4n) is 1.78. The fourth-order valence-corrected chi connectivity index (χ4v) is 2.36. The minimum atomic E-state index is -0.284. The van der Waals surface area contributed by atoms with Crippen LogP contribution in [0.4, 0.5) is 0 Å². The van der Waals surface area contributed by atoms with Gasteiger partial charge in [0.15, 0.2) is 11.5 Å². The summed E-state index contributed by atoms with van der Waals surface area (Å²) in [7, 11) is 0. The summed E-state index contributed by atoms with van der Waals surface area (Å²) in [6.07, 6.45) is 0. The van der Waals surface area contributed by atoms with E-state index in [1.54, 1.807) is 6.07 Å². The van der Waals surface area contributed by atoms with Crippen molar-refractivity contribution in [3.8, 4) is 11.3 Å². The summed E-state index contributed by atoms with van der Waals surface area (Å²) in [5.41, 5.74) is 1.96. The maximum atomic E-state index is 12.0. The Hall–Kier alpha value is -2.54. The Morgan fingerprint density at radius 3 is 2.86 bits per heavy atom. The smallest absolute Gasteiger partial charge is 0.273 e. The van der Waals surface area contributed by atoms with Crippen molar-refractivity contribution < 1.29 is 9.32 Å². The third-order valence-corrected chi connectivity index (χ3v) is 3.78. The van der Waals surface area contributed by atoms with Gasteiger partial charge in [-0.3, -0.25) is 4.79 Å². The Labute approximate surface area is 125 Å². The monoisotopic (exact) mass is 300 g/mol. The molecule has 0 radical (unpaired) electrons. The number of hydrogen-bond acceptors (Lipinski definition) is 6. The van der Waals surface area contributed by atoms with Gasteiger partial charge in [-0.1, -0.05) is 40.0 Å². The van der Waals surface area contributed by atoms with Crippen LogP contribution < -0.4 is 5.32 Å². The van der Waals surface area contributed by atoms with Gasteiger partial charge in [-0.25, -0.2) is 0 Å². The van der Waals surface area contributed by atoms with Gasteiger partial charge in [-0.15, -0.1) is 5.10 Å². The molecule has 3 aromatic rings. The number of amides is 1. The molecule has 0 saturated carbocycles. The second-order valence-corrected chi connectivity index (χ2v) is 5.25. The zero-order chi connectivity index (χ0) is 14.7. The SMILES string of the molecule is Cc1nnsc1CNC(=O)c1cc(-c2ccccc2)on1. The first-order valence-corrected chi connectivity index (χ1v) is 7.09. The van der Waals surface area contributed by atoms with Crippen molar-refractivity contribution in [2.45, 2.75) is 13.5 Å². The fraction of sp³-hybridized carbons (Fsp3) is 0.143. The van der Waals surface area contributed by atoms with E-state index < -0.39 is 0 Å². The topological polar surface area (TPSA) is 80.9 Å². The van der Waals surface area contributed by atoms with Crippen LogP contribution in [0.1, 0.15) is 21.1 Å². The molecule has 2 aromatic heterocycles. The Morgan fingerprint density at radius 1 is 1.33 bits per heavy atom. The third kappa shape index (κ3) is 2.97. The molecule has 0 unspecified atom stereocenters. The number of nitrogens with one attached hydrogen (secondary N) is 1. The highest BCUT2D eigenvalue weighted by Gasteiger charge is 2.14. The number of carbonyl (C=O) groups excluding carboxylic acids is 1. The number of carbonyl (C=O) groups is 1. The van der Waals surface area contributed by atoms with Crippen LogP contribution in [0.15, 0.2) is 40.9 Å². The number of aromatic nitrogens is 3. The number of aryl methyl sites for hydroxylation is 1. The van der Waals surface area contributed by atoms with Gasteiger partial charge in [0.25, 0.3) is 5.91 Å².